The summed E-state index contributed by atoms with van der Waals surface area (Å²) >= 11 is 6.10. The van der Waals surface area contributed by atoms with Crippen LogP contribution in [-0.4, -0.2) is 39.6 Å². The summed E-state index contributed by atoms with van der Waals surface area (Å²) in [6, 6.07) is 8.47. The number of para-hydroxylation sites is 1. The zero-order valence-corrected chi connectivity index (χ0v) is 14.4. The number of halogens is 1. The summed E-state index contributed by atoms with van der Waals surface area (Å²) < 4.78 is 1.59. The van der Waals surface area contributed by atoms with E-state index in [0.29, 0.717) is 24.5 Å². The van der Waals surface area contributed by atoms with Gasteiger partial charge in [0.2, 0.25) is 5.91 Å². The Bertz CT molecular complexity index is 763. The quantitative estimate of drug-likeness (QED) is 0.598. The minimum Gasteiger partial charge on any atom is -0.321 e. The minimum absolute atomic E-state index is 0.149. The van der Waals surface area contributed by atoms with Gasteiger partial charge in [0.05, 0.1) is 11.1 Å². The zero-order valence-electron chi connectivity index (χ0n) is 13.6. The molecule has 1 fully saturated rings. The smallest absolute Gasteiger partial charge is 0.278 e. The molecular weight excluding hydrogens is 344 g/mol. The molecule has 0 bridgehead atoms. The van der Waals surface area contributed by atoms with Crippen molar-refractivity contribution >= 4 is 34.8 Å². The van der Waals surface area contributed by atoms with Gasteiger partial charge in [0.25, 0.3) is 5.91 Å². The molecule has 2 heterocycles. The molecule has 1 aliphatic heterocycles. The predicted molar refractivity (Wildman–Crippen MR) is 95.5 cm³/mol. The fourth-order valence-corrected chi connectivity index (χ4v) is 2.72. The van der Waals surface area contributed by atoms with E-state index in [1.807, 2.05) is 25.1 Å². The lowest BCUT2D eigenvalue weighted by molar-refractivity contribution is -0.117. The van der Waals surface area contributed by atoms with E-state index in [0.717, 1.165) is 0 Å². The Kier molecular flexibility index (Phi) is 5.32. The summed E-state index contributed by atoms with van der Waals surface area (Å²) in [5.41, 5.74) is 6.79. The molecule has 9 heteroatoms. The second-order valence-electron chi connectivity index (χ2n) is 5.58. The van der Waals surface area contributed by atoms with Gasteiger partial charge in [0, 0.05) is 25.0 Å². The third-order valence-corrected chi connectivity index (χ3v) is 4.20. The number of amides is 2. The van der Waals surface area contributed by atoms with Gasteiger partial charge in [-0.05, 0) is 19.1 Å². The second kappa shape index (κ2) is 7.64. The normalized spacial score (nSPS) is 19.6. The van der Waals surface area contributed by atoms with Gasteiger partial charge in [-0.25, -0.2) is 5.43 Å². The lowest BCUT2D eigenvalue weighted by Gasteiger charge is -2.13. The average molecular weight is 363 g/mol. The molecule has 1 saturated heterocycles. The van der Waals surface area contributed by atoms with E-state index in [1.54, 1.807) is 23.0 Å². The van der Waals surface area contributed by atoms with E-state index < -0.39 is 11.9 Å². The van der Waals surface area contributed by atoms with Crippen molar-refractivity contribution in [3.8, 4) is 0 Å². The van der Waals surface area contributed by atoms with Gasteiger partial charge in [-0.1, -0.05) is 18.2 Å². The first-order chi connectivity index (χ1) is 12.1. The van der Waals surface area contributed by atoms with E-state index in [4.69, 9.17) is 11.6 Å². The van der Waals surface area contributed by atoms with Crippen LogP contribution in [0.1, 0.15) is 17.4 Å². The summed E-state index contributed by atoms with van der Waals surface area (Å²) in [6.45, 7) is 2.95. The summed E-state index contributed by atoms with van der Waals surface area (Å²) in [7, 11) is 0. The monoisotopic (exact) mass is 362 g/mol. The van der Waals surface area contributed by atoms with Gasteiger partial charge in [0.1, 0.15) is 6.04 Å². The number of alkyl halides is 1. The maximum atomic E-state index is 12.5. The molecule has 3 rings (SSSR count). The molecule has 2 unspecified atom stereocenters. The number of aryl methyl sites for hydroxylation is 1. The molecule has 132 valence electrons. The minimum atomic E-state index is -0.586. The molecule has 0 saturated carbocycles. The van der Waals surface area contributed by atoms with Crippen molar-refractivity contribution in [2.75, 3.05) is 17.2 Å². The number of carbonyl (C=O) groups excluding carboxylic acids is 2. The van der Waals surface area contributed by atoms with E-state index in [9.17, 15) is 9.59 Å². The van der Waals surface area contributed by atoms with Crippen LogP contribution in [0.3, 0.4) is 0 Å². The Balaban J connectivity index is 1.78. The summed E-state index contributed by atoms with van der Waals surface area (Å²) in [5, 5.41) is 9.37. The van der Waals surface area contributed by atoms with Gasteiger partial charge in [-0.2, -0.15) is 5.10 Å². The van der Waals surface area contributed by atoms with Crippen molar-refractivity contribution in [3.63, 3.8) is 0 Å². The number of hydrazine groups is 1. The second-order valence-corrected chi connectivity index (χ2v) is 6.14. The van der Waals surface area contributed by atoms with Crippen LogP contribution >= 0.6 is 11.6 Å². The molecule has 2 amide bonds. The number of anilines is 2. The number of aromatic nitrogens is 2. The standard InChI is InChI=1S/C16H19ClN6O2/c1-2-23-9-12(20-15(24)13-11(17)8-18-21-13)14(22-23)16(25)19-10-6-4-3-5-7-10/h3-7,9,11,13,18,21H,2,8H2,1H3,(H,19,25)(H,20,24). The van der Waals surface area contributed by atoms with Crippen molar-refractivity contribution in [1.82, 2.24) is 20.6 Å². The summed E-state index contributed by atoms with van der Waals surface area (Å²) in [5.74, 6) is -0.719. The topological polar surface area (TPSA) is 100 Å². The maximum Gasteiger partial charge on any atom is 0.278 e. The highest BCUT2D eigenvalue weighted by atomic mass is 35.5. The Morgan fingerprint density at radius 1 is 1.32 bits per heavy atom. The van der Waals surface area contributed by atoms with Gasteiger partial charge in [-0.3, -0.25) is 19.7 Å². The van der Waals surface area contributed by atoms with Gasteiger partial charge in [0.15, 0.2) is 5.69 Å². The highest BCUT2D eigenvalue weighted by Crippen LogP contribution is 2.18. The first-order valence-corrected chi connectivity index (χ1v) is 8.39. The summed E-state index contributed by atoms with van der Waals surface area (Å²) in [4.78, 5) is 24.9. The predicted octanol–water partition coefficient (Wildman–Crippen LogP) is 1.18. The van der Waals surface area contributed by atoms with Crippen LogP contribution in [0.5, 0.6) is 0 Å². The van der Waals surface area contributed by atoms with Gasteiger partial charge in [-0.15, -0.1) is 11.6 Å². The van der Waals surface area contributed by atoms with Crippen molar-refractivity contribution < 1.29 is 9.59 Å². The Morgan fingerprint density at radius 3 is 2.72 bits per heavy atom. The van der Waals surface area contributed by atoms with Crippen molar-refractivity contribution in [2.24, 2.45) is 0 Å². The van der Waals surface area contributed by atoms with Crippen LogP contribution in [0.25, 0.3) is 0 Å². The SMILES string of the molecule is CCn1cc(NC(=O)C2NNCC2Cl)c(C(=O)Nc2ccccc2)n1. The highest BCUT2D eigenvalue weighted by molar-refractivity contribution is 6.23. The van der Waals surface area contributed by atoms with E-state index in [2.05, 4.69) is 26.6 Å². The number of carbonyl (C=O) groups is 2. The lowest BCUT2D eigenvalue weighted by atomic mass is 10.2. The molecule has 2 atom stereocenters. The number of nitrogens with one attached hydrogen (secondary N) is 4. The molecule has 0 spiro atoms. The van der Waals surface area contributed by atoms with Crippen LogP contribution in [0.15, 0.2) is 36.5 Å². The van der Waals surface area contributed by atoms with Crippen molar-refractivity contribution in [3.05, 3.63) is 42.2 Å². The first kappa shape index (κ1) is 17.4. The van der Waals surface area contributed by atoms with Gasteiger partial charge < -0.3 is 10.6 Å². The molecule has 1 aromatic heterocycles. The number of hydrogen-bond donors (Lipinski definition) is 4. The van der Waals surface area contributed by atoms with Crippen LogP contribution < -0.4 is 21.5 Å². The van der Waals surface area contributed by atoms with Gasteiger partial charge >= 0.3 is 0 Å². The van der Waals surface area contributed by atoms with E-state index >= 15 is 0 Å². The zero-order chi connectivity index (χ0) is 17.8. The number of benzene rings is 1. The Morgan fingerprint density at radius 2 is 2.08 bits per heavy atom. The summed E-state index contributed by atoms with van der Waals surface area (Å²) in [6.07, 6.45) is 1.63. The third-order valence-electron chi connectivity index (χ3n) is 3.79. The molecule has 8 nitrogen and oxygen atoms in total. The highest BCUT2D eigenvalue weighted by Gasteiger charge is 2.32. The third kappa shape index (κ3) is 3.98. The molecule has 25 heavy (non-hydrogen) atoms. The molecule has 0 radical (unpaired) electrons. The molecule has 2 aromatic rings. The number of hydrogen-bond acceptors (Lipinski definition) is 5. The van der Waals surface area contributed by atoms with Crippen LogP contribution in [0.4, 0.5) is 11.4 Å². The number of nitrogens with zero attached hydrogens (tertiary/aromatic N) is 2. The molecule has 1 aliphatic rings. The Labute approximate surface area is 149 Å². The Hall–Kier alpha value is -2.42. The first-order valence-electron chi connectivity index (χ1n) is 7.95. The van der Waals surface area contributed by atoms with Crippen LogP contribution in [0, 0.1) is 0 Å². The van der Waals surface area contributed by atoms with Crippen LogP contribution in [0.2, 0.25) is 0 Å². The average Bonchev–Trinajstić information content (AvgIpc) is 3.21. The van der Waals surface area contributed by atoms with E-state index in [1.165, 1.54) is 0 Å². The van der Waals surface area contributed by atoms with Crippen LogP contribution in [-0.2, 0) is 11.3 Å². The fourth-order valence-electron chi connectivity index (χ4n) is 2.47. The maximum absolute atomic E-state index is 12.5. The molecule has 0 aliphatic carbocycles. The van der Waals surface area contributed by atoms with Crippen molar-refractivity contribution in [1.29, 1.82) is 0 Å². The lowest BCUT2D eigenvalue weighted by Crippen LogP contribution is -2.42. The van der Waals surface area contributed by atoms with E-state index in [-0.39, 0.29) is 17.0 Å². The largest absolute Gasteiger partial charge is 0.321 e. The fraction of sp³-hybridized carbons (Fsp3) is 0.312. The molecule has 1 aromatic carbocycles. The van der Waals surface area contributed by atoms with Crippen molar-refractivity contribution in [2.45, 2.75) is 24.9 Å². The molecular formula is C16H19ClN6O2. The number of rotatable bonds is 5. The molecule has 4 N–H and O–H groups in total.